The fourth-order valence-corrected chi connectivity index (χ4v) is 4.10. The molecule has 0 unspecified atom stereocenters. The van der Waals surface area contributed by atoms with Crippen molar-refractivity contribution >= 4 is 22.6 Å². The Morgan fingerprint density at radius 3 is 2.86 bits per heavy atom. The minimum atomic E-state index is -0.0103. The number of carbonyl (C=O) groups is 1. The Morgan fingerprint density at radius 2 is 2.04 bits per heavy atom. The highest BCUT2D eigenvalue weighted by molar-refractivity contribution is 5.84. The second-order valence-corrected chi connectivity index (χ2v) is 7.95. The van der Waals surface area contributed by atoms with Gasteiger partial charge in [-0.2, -0.15) is 5.10 Å². The number of H-pyrrole nitrogens is 1. The highest BCUT2D eigenvalue weighted by Crippen LogP contribution is 2.38. The Labute approximate surface area is 164 Å². The van der Waals surface area contributed by atoms with Gasteiger partial charge < -0.3 is 15.2 Å². The number of hydrogen-bond acceptors (Lipinski definition) is 4. The number of piperidine rings is 1. The van der Waals surface area contributed by atoms with Gasteiger partial charge in [-0.1, -0.05) is 18.2 Å². The smallest absolute Gasteiger partial charge is 0.225 e. The summed E-state index contributed by atoms with van der Waals surface area (Å²) in [6, 6.07) is 12.3. The van der Waals surface area contributed by atoms with Crippen LogP contribution in [-0.2, 0) is 11.3 Å². The maximum Gasteiger partial charge on any atom is 0.225 e. The van der Waals surface area contributed by atoms with E-state index in [1.165, 1.54) is 18.2 Å². The Balaban J connectivity index is 1.21. The van der Waals surface area contributed by atoms with Gasteiger partial charge in [0, 0.05) is 42.7 Å². The molecule has 28 heavy (non-hydrogen) atoms. The minimum Gasteiger partial charge on any atom is -0.361 e. The molecule has 1 amide bonds. The normalized spacial score (nSPS) is 19.7. The van der Waals surface area contributed by atoms with Gasteiger partial charge >= 0.3 is 0 Å². The summed E-state index contributed by atoms with van der Waals surface area (Å²) in [6.45, 7) is 2.19. The number of nitrogens with one attached hydrogen (secondary N) is 2. The molecule has 2 N–H and O–H groups in total. The maximum absolute atomic E-state index is 12.8. The second kappa shape index (κ2) is 7.26. The van der Waals surface area contributed by atoms with Crippen LogP contribution in [0.1, 0.15) is 42.9 Å². The monoisotopic (exact) mass is 375 g/mol. The number of benzene rings is 1. The Morgan fingerprint density at radius 1 is 1.14 bits per heavy atom. The molecular formula is C22H25N5O. The van der Waals surface area contributed by atoms with Gasteiger partial charge in [0.25, 0.3) is 0 Å². The molecule has 1 aliphatic carbocycles. The Bertz CT molecular complexity index is 976. The third kappa shape index (κ3) is 3.46. The van der Waals surface area contributed by atoms with Crippen LogP contribution in [-0.4, -0.2) is 34.2 Å². The van der Waals surface area contributed by atoms with Gasteiger partial charge in [-0.15, -0.1) is 5.10 Å². The van der Waals surface area contributed by atoms with Gasteiger partial charge in [0.15, 0.2) is 5.82 Å². The number of hydrogen-bond donors (Lipinski definition) is 2. The summed E-state index contributed by atoms with van der Waals surface area (Å²) in [6.07, 6.45) is 6.36. The standard InChI is InChI=1S/C22H25N5O/c28-22(24-13-17-12-23-20-6-2-1-5-18(17)20)16-4-3-11-27(14-16)21-10-9-19(25-26-21)15-7-8-15/h1-2,5-6,9-10,12,15-16,23H,3-4,7-8,11,13-14H2,(H,24,28)/t16-/m1/s1. The molecule has 2 fully saturated rings. The SMILES string of the molecule is O=C(NCc1c[nH]c2ccccc12)[C@@H]1CCCN(c2ccc(C3CC3)nn2)C1. The third-order valence-electron chi connectivity index (χ3n) is 5.91. The predicted molar refractivity (Wildman–Crippen MR) is 109 cm³/mol. The second-order valence-electron chi connectivity index (χ2n) is 7.95. The topological polar surface area (TPSA) is 73.9 Å². The first-order valence-corrected chi connectivity index (χ1v) is 10.2. The molecule has 0 radical (unpaired) electrons. The van der Waals surface area contributed by atoms with Crippen molar-refractivity contribution in [1.29, 1.82) is 0 Å². The quantitative estimate of drug-likeness (QED) is 0.717. The first-order chi connectivity index (χ1) is 13.8. The largest absolute Gasteiger partial charge is 0.361 e. The number of anilines is 1. The van der Waals surface area contributed by atoms with E-state index in [1.807, 2.05) is 18.3 Å². The minimum absolute atomic E-state index is 0.0103. The summed E-state index contributed by atoms with van der Waals surface area (Å²) in [4.78, 5) is 18.2. The molecule has 3 heterocycles. The number of para-hydroxylation sites is 1. The van der Waals surface area contributed by atoms with Crippen LogP contribution in [0, 0.1) is 5.92 Å². The fraction of sp³-hybridized carbons (Fsp3) is 0.409. The maximum atomic E-state index is 12.8. The van der Waals surface area contributed by atoms with E-state index in [4.69, 9.17) is 0 Å². The molecule has 2 aromatic heterocycles. The number of fused-ring (bicyclic) bond motifs is 1. The lowest BCUT2D eigenvalue weighted by Gasteiger charge is -2.32. The van der Waals surface area contributed by atoms with Crippen molar-refractivity contribution in [2.75, 3.05) is 18.0 Å². The number of aromatic amines is 1. The lowest BCUT2D eigenvalue weighted by Crippen LogP contribution is -2.43. The van der Waals surface area contributed by atoms with Gasteiger partial charge in [-0.3, -0.25) is 4.79 Å². The van der Waals surface area contributed by atoms with E-state index in [2.05, 4.69) is 49.7 Å². The zero-order chi connectivity index (χ0) is 18.9. The molecular weight excluding hydrogens is 350 g/mol. The molecule has 6 nitrogen and oxygen atoms in total. The molecule has 5 rings (SSSR count). The van der Waals surface area contributed by atoms with Crippen LogP contribution >= 0.6 is 0 Å². The van der Waals surface area contributed by atoms with Crippen LogP contribution in [0.2, 0.25) is 0 Å². The van der Waals surface area contributed by atoms with Gasteiger partial charge in [-0.25, -0.2) is 0 Å². The molecule has 0 spiro atoms. The van der Waals surface area contributed by atoms with Gasteiger partial charge in [-0.05, 0) is 49.4 Å². The van der Waals surface area contributed by atoms with Crippen LogP contribution < -0.4 is 10.2 Å². The predicted octanol–water partition coefficient (Wildman–Crippen LogP) is 3.37. The third-order valence-corrected chi connectivity index (χ3v) is 5.91. The molecule has 1 aliphatic heterocycles. The van der Waals surface area contributed by atoms with Gasteiger partial charge in [0.05, 0.1) is 11.6 Å². The lowest BCUT2D eigenvalue weighted by atomic mass is 9.97. The van der Waals surface area contributed by atoms with Crippen molar-refractivity contribution in [3.63, 3.8) is 0 Å². The number of aromatic nitrogens is 3. The molecule has 2 aliphatic rings. The van der Waals surface area contributed by atoms with E-state index in [0.717, 1.165) is 42.0 Å². The zero-order valence-corrected chi connectivity index (χ0v) is 15.9. The summed E-state index contributed by atoms with van der Waals surface area (Å²) < 4.78 is 0. The van der Waals surface area contributed by atoms with Crippen molar-refractivity contribution in [3.8, 4) is 0 Å². The summed E-state index contributed by atoms with van der Waals surface area (Å²) >= 11 is 0. The van der Waals surface area contributed by atoms with Crippen molar-refractivity contribution in [1.82, 2.24) is 20.5 Å². The van der Waals surface area contributed by atoms with Crippen molar-refractivity contribution < 1.29 is 4.79 Å². The Kier molecular flexibility index (Phi) is 4.47. The zero-order valence-electron chi connectivity index (χ0n) is 15.9. The van der Waals surface area contributed by atoms with E-state index in [0.29, 0.717) is 19.0 Å². The van der Waals surface area contributed by atoms with Crippen molar-refractivity contribution in [3.05, 3.63) is 53.9 Å². The van der Waals surface area contributed by atoms with Crippen LogP contribution in [0.5, 0.6) is 0 Å². The number of rotatable bonds is 5. The molecule has 1 atom stereocenters. The molecule has 144 valence electrons. The fourth-order valence-electron chi connectivity index (χ4n) is 4.10. The van der Waals surface area contributed by atoms with E-state index < -0.39 is 0 Å². The number of carbonyl (C=O) groups excluding carboxylic acids is 1. The summed E-state index contributed by atoms with van der Waals surface area (Å²) in [5.41, 5.74) is 3.33. The summed E-state index contributed by atoms with van der Waals surface area (Å²) in [7, 11) is 0. The van der Waals surface area contributed by atoms with E-state index in [1.54, 1.807) is 0 Å². The molecule has 3 aromatic rings. The summed E-state index contributed by atoms with van der Waals surface area (Å²) in [5, 5.41) is 13.1. The van der Waals surface area contributed by atoms with Crippen LogP contribution in [0.4, 0.5) is 5.82 Å². The molecule has 1 aromatic carbocycles. The summed E-state index contributed by atoms with van der Waals surface area (Å²) in [5.74, 6) is 1.62. The van der Waals surface area contributed by atoms with Crippen LogP contribution in [0.15, 0.2) is 42.6 Å². The van der Waals surface area contributed by atoms with Crippen molar-refractivity contribution in [2.45, 2.75) is 38.1 Å². The molecule has 1 saturated carbocycles. The van der Waals surface area contributed by atoms with Crippen LogP contribution in [0.25, 0.3) is 10.9 Å². The van der Waals surface area contributed by atoms with Crippen LogP contribution in [0.3, 0.4) is 0 Å². The van der Waals surface area contributed by atoms with Gasteiger partial charge in [0.2, 0.25) is 5.91 Å². The first-order valence-electron chi connectivity index (χ1n) is 10.2. The molecule has 6 heteroatoms. The Hall–Kier alpha value is -2.89. The van der Waals surface area contributed by atoms with E-state index >= 15 is 0 Å². The van der Waals surface area contributed by atoms with Crippen molar-refractivity contribution in [2.24, 2.45) is 5.92 Å². The lowest BCUT2D eigenvalue weighted by molar-refractivity contribution is -0.125. The average molecular weight is 375 g/mol. The number of amides is 1. The van der Waals surface area contributed by atoms with E-state index in [9.17, 15) is 4.79 Å². The highest BCUT2D eigenvalue weighted by Gasteiger charge is 2.28. The molecule has 0 bridgehead atoms. The van der Waals surface area contributed by atoms with E-state index in [-0.39, 0.29) is 11.8 Å². The highest BCUT2D eigenvalue weighted by atomic mass is 16.1. The van der Waals surface area contributed by atoms with Gasteiger partial charge in [0.1, 0.15) is 0 Å². The first kappa shape index (κ1) is 17.2. The number of nitrogens with zero attached hydrogens (tertiary/aromatic N) is 3. The average Bonchev–Trinajstić information content (AvgIpc) is 3.53. The molecule has 1 saturated heterocycles.